The summed E-state index contributed by atoms with van der Waals surface area (Å²) in [5, 5.41) is 0. The normalized spacial score (nSPS) is 17.6. The van der Waals surface area contributed by atoms with E-state index in [4.69, 9.17) is 9.97 Å². The smallest absolute Gasteiger partial charge is 0.175 e. The van der Waals surface area contributed by atoms with E-state index in [9.17, 15) is 8.42 Å². The molecule has 0 aliphatic carbocycles. The minimum Gasteiger partial charge on any atom is -0.370 e. The number of likely N-dealkylation sites (tertiary alicyclic amines) is 1. The van der Waals surface area contributed by atoms with Gasteiger partial charge in [-0.3, -0.25) is 4.98 Å². The van der Waals surface area contributed by atoms with Gasteiger partial charge in [-0.25, -0.2) is 13.4 Å². The van der Waals surface area contributed by atoms with Gasteiger partial charge in [0.15, 0.2) is 9.84 Å². The Morgan fingerprint density at radius 2 is 1.55 bits per heavy atom. The summed E-state index contributed by atoms with van der Waals surface area (Å²) < 4.78 is 25.8. The third-order valence-electron chi connectivity index (χ3n) is 8.71. The van der Waals surface area contributed by atoms with Gasteiger partial charge >= 0.3 is 0 Å². The molecule has 1 spiro atoms. The fourth-order valence-electron chi connectivity index (χ4n) is 6.43. The standard InChI is InChI=1S/C32H39N5O2S/c1-22(2)19-36-16-14-32(15-17-36)20-37(21-32)26-10-6-24(7-11-26)28-18-29-30(23(3)33-28)34-31(35(29)4)25-8-12-27(13-9-25)40(5,38)39/h6-13,18,22H,14-17,19-21H2,1-5H3. The molecule has 7 nitrogen and oxygen atoms in total. The van der Waals surface area contributed by atoms with Gasteiger partial charge in [-0.15, -0.1) is 0 Å². The molecule has 2 aromatic carbocycles. The van der Waals surface area contributed by atoms with Gasteiger partial charge < -0.3 is 14.4 Å². The van der Waals surface area contributed by atoms with Gasteiger partial charge in [0, 0.05) is 55.2 Å². The predicted molar refractivity (Wildman–Crippen MR) is 162 cm³/mol. The summed E-state index contributed by atoms with van der Waals surface area (Å²) in [6.45, 7) is 12.6. The molecule has 0 N–H and O–H groups in total. The van der Waals surface area contributed by atoms with E-state index < -0.39 is 9.84 Å². The molecule has 2 saturated heterocycles. The van der Waals surface area contributed by atoms with Crippen LogP contribution in [0.4, 0.5) is 5.69 Å². The maximum atomic E-state index is 11.9. The SMILES string of the molecule is Cc1nc(-c2ccc(N3CC4(CCN(CC(C)C)CC4)C3)cc2)cc2c1nc(-c1ccc(S(C)(=O)=O)cc1)n2C. The van der Waals surface area contributed by atoms with E-state index in [1.54, 1.807) is 12.1 Å². The molecular formula is C32H39N5O2S. The van der Waals surface area contributed by atoms with Crippen LogP contribution in [0.1, 0.15) is 32.4 Å². The van der Waals surface area contributed by atoms with Crippen molar-refractivity contribution < 1.29 is 8.42 Å². The molecule has 2 fully saturated rings. The Hall–Kier alpha value is -3.23. The number of piperidine rings is 1. The van der Waals surface area contributed by atoms with Crippen LogP contribution in [0.25, 0.3) is 33.7 Å². The highest BCUT2D eigenvalue weighted by atomic mass is 32.2. The molecule has 2 aliphatic heterocycles. The first-order chi connectivity index (χ1) is 19.0. The zero-order valence-electron chi connectivity index (χ0n) is 24.2. The summed E-state index contributed by atoms with van der Waals surface area (Å²) in [7, 11) is -1.25. The number of hydrogen-bond acceptors (Lipinski definition) is 6. The lowest BCUT2D eigenvalue weighted by Crippen LogP contribution is -2.60. The average molecular weight is 558 g/mol. The van der Waals surface area contributed by atoms with Crippen molar-refractivity contribution in [2.75, 3.05) is 43.9 Å². The van der Waals surface area contributed by atoms with E-state index in [1.165, 1.54) is 44.4 Å². The molecule has 8 heteroatoms. The zero-order valence-corrected chi connectivity index (χ0v) is 25.0. The molecule has 0 amide bonds. The summed E-state index contributed by atoms with van der Waals surface area (Å²) >= 11 is 0. The highest BCUT2D eigenvalue weighted by Gasteiger charge is 2.44. The number of sulfone groups is 1. The number of anilines is 1. The van der Waals surface area contributed by atoms with E-state index in [-0.39, 0.29) is 0 Å². The fourth-order valence-corrected chi connectivity index (χ4v) is 7.06. The van der Waals surface area contributed by atoms with Crippen molar-refractivity contribution in [2.45, 2.75) is 38.5 Å². The minimum absolute atomic E-state index is 0.305. The first-order valence-electron chi connectivity index (χ1n) is 14.2. The number of nitrogens with zero attached hydrogens (tertiary/aromatic N) is 5. The largest absolute Gasteiger partial charge is 0.370 e. The lowest BCUT2D eigenvalue weighted by atomic mass is 9.71. The Bertz CT molecular complexity index is 1640. The Morgan fingerprint density at radius 1 is 0.925 bits per heavy atom. The Kier molecular flexibility index (Phi) is 6.74. The molecule has 4 heterocycles. The summed E-state index contributed by atoms with van der Waals surface area (Å²) in [4.78, 5) is 15.2. The molecule has 0 atom stereocenters. The van der Waals surface area contributed by atoms with Crippen molar-refractivity contribution in [3.05, 3.63) is 60.3 Å². The second-order valence-corrected chi connectivity index (χ2v) is 14.4. The van der Waals surface area contributed by atoms with Gasteiger partial charge in [-0.1, -0.05) is 26.0 Å². The molecule has 4 aromatic rings. The number of benzene rings is 2. The van der Waals surface area contributed by atoms with Crippen LogP contribution < -0.4 is 4.90 Å². The van der Waals surface area contributed by atoms with Crippen molar-refractivity contribution in [1.82, 2.24) is 19.4 Å². The monoisotopic (exact) mass is 557 g/mol. The van der Waals surface area contributed by atoms with Crippen molar-refractivity contribution in [2.24, 2.45) is 18.4 Å². The maximum absolute atomic E-state index is 11.9. The minimum atomic E-state index is -3.24. The Labute approximate surface area is 237 Å². The van der Waals surface area contributed by atoms with Gasteiger partial charge in [-0.05, 0) is 81.2 Å². The van der Waals surface area contributed by atoms with Gasteiger partial charge in [0.05, 0.1) is 21.8 Å². The highest BCUT2D eigenvalue weighted by molar-refractivity contribution is 7.90. The molecule has 0 saturated carbocycles. The van der Waals surface area contributed by atoms with Crippen LogP contribution in [0.3, 0.4) is 0 Å². The maximum Gasteiger partial charge on any atom is 0.175 e. The number of pyridine rings is 1. The Balaban J connectivity index is 1.18. The number of hydrogen-bond donors (Lipinski definition) is 0. The second-order valence-electron chi connectivity index (χ2n) is 12.3. The molecule has 2 aromatic heterocycles. The van der Waals surface area contributed by atoms with E-state index in [2.05, 4.69) is 58.5 Å². The molecule has 0 radical (unpaired) electrons. The molecule has 2 aliphatic rings. The summed E-state index contributed by atoms with van der Waals surface area (Å²) in [5.41, 5.74) is 7.41. The van der Waals surface area contributed by atoms with Gasteiger partial charge in [0.25, 0.3) is 0 Å². The Morgan fingerprint density at radius 3 is 2.15 bits per heavy atom. The van der Waals surface area contributed by atoms with Crippen LogP contribution in [0.15, 0.2) is 59.5 Å². The van der Waals surface area contributed by atoms with Crippen LogP contribution >= 0.6 is 0 Å². The molecule has 210 valence electrons. The van der Waals surface area contributed by atoms with Crippen LogP contribution in [-0.4, -0.2) is 66.8 Å². The summed E-state index contributed by atoms with van der Waals surface area (Å²) in [6, 6.07) is 17.8. The van der Waals surface area contributed by atoms with E-state index in [0.29, 0.717) is 10.3 Å². The predicted octanol–water partition coefficient (Wildman–Crippen LogP) is 5.57. The van der Waals surface area contributed by atoms with Crippen molar-refractivity contribution in [3.63, 3.8) is 0 Å². The first-order valence-corrected chi connectivity index (χ1v) is 16.1. The molecular weight excluding hydrogens is 518 g/mol. The van der Waals surface area contributed by atoms with E-state index in [0.717, 1.165) is 58.4 Å². The van der Waals surface area contributed by atoms with E-state index >= 15 is 0 Å². The number of imidazole rings is 1. The molecule has 0 unspecified atom stereocenters. The number of rotatable bonds is 6. The van der Waals surface area contributed by atoms with Crippen LogP contribution in [0, 0.1) is 18.3 Å². The van der Waals surface area contributed by atoms with Crippen LogP contribution in [0.5, 0.6) is 0 Å². The second kappa shape index (κ2) is 10.00. The quantitative estimate of drug-likeness (QED) is 0.309. The molecule has 6 rings (SSSR count). The van der Waals surface area contributed by atoms with E-state index in [1.807, 2.05) is 26.1 Å². The molecule has 0 bridgehead atoms. The summed E-state index contributed by atoms with van der Waals surface area (Å²) in [6.07, 6.45) is 3.84. The first kappa shape index (κ1) is 27.0. The van der Waals surface area contributed by atoms with Gasteiger partial charge in [0.1, 0.15) is 11.3 Å². The van der Waals surface area contributed by atoms with Crippen molar-refractivity contribution in [1.29, 1.82) is 0 Å². The van der Waals surface area contributed by atoms with Crippen molar-refractivity contribution >= 4 is 26.6 Å². The third kappa shape index (κ3) is 5.03. The summed E-state index contributed by atoms with van der Waals surface area (Å²) in [5.74, 6) is 1.53. The highest BCUT2D eigenvalue weighted by Crippen LogP contribution is 2.43. The average Bonchev–Trinajstić information content (AvgIpc) is 3.24. The topological polar surface area (TPSA) is 71.3 Å². The number of fused-ring (bicyclic) bond motifs is 1. The van der Waals surface area contributed by atoms with Crippen molar-refractivity contribution in [3.8, 4) is 22.6 Å². The number of aryl methyl sites for hydroxylation is 2. The lowest BCUT2D eigenvalue weighted by Gasteiger charge is -2.55. The zero-order chi connectivity index (χ0) is 28.2. The van der Waals surface area contributed by atoms with Gasteiger partial charge in [-0.2, -0.15) is 0 Å². The van der Waals surface area contributed by atoms with Gasteiger partial charge in [0.2, 0.25) is 0 Å². The van der Waals surface area contributed by atoms with Crippen LogP contribution in [0.2, 0.25) is 0 Å². The molecule has 40 heavy (non-hydrogen) atoms. The number of aromatic nitrogens is 3. The fraction of sp³-hybridized carbons (Fsp3) is 0.438. The third-order valence-corrected chi connectivity index (χ3v) is 9.83. The lowest BCUT2D eigenvalue weighted by molar-refractivity contribution is 0.0702. The van der Waals surface area contributed by atoms with Crippen LogP contribution in [-0.2, 0) is 16.9 Å².